The molecule has 3 heterocycles. The Hall–Kier alpha value is -2.84. The number of anilines is 3. The van der Waals surface area contributed by atoms with E-state index < -0.39 is 9.84 Å². The molecule has 2 aromatic heterocycles. The van der Waals surface area contributed by atoms with Crippen LogP contribution in [0.25, 0.3) is 0 Å². The number of hydrogen-bond acceptors (Lipinski definition) is 10. The lowest BCUT2D eigenvalue weighted by atomic mass is 9.97. The predicted octanol–water partition coefficient (Wildman–Crippen LogP) is 1.04. The Balaban J connectivity index is 1.77. The molecule has 28 heavy (non-hydrogen) atoms. The van der Waals surface area contributed by atoms with Crippen molar-refractivity contribution in [3.63, 3.8) is 0 Å². The van der Waals surface area contributed by atoms with Gasteiger partial charge >= 0.3 is 0 Å². The Labute approximate surface area is 163 Å². The number of rotatable bonds is 6. The van der Waals surface area contributed by atoms with Crippen molar-refractivity contribution < 1.29 is 8.42 Å². The van der Waals surface area contributed by atoms with Crippen LogP contribution in [-0.4, -0.2) is 66.4 Å². The molecule has 0 aliphatic carbocycles. The van der Waals surface area contributed by atoms with E-state index in [-0.39, 0.29) is 10.7 Å². The number of sulfone groups is 1. The zero-order valence-corrected chi connectivity index (χ0v) is 16.6. The number of hydrogen-bond donors (Lipinski definition) is 2. The Morgan fingerprint density at radius 2 is 1.96 bits per heavy atom. The van der Waals surface area contributed by atoms with Gasteiger partial charge in [-0.2, -0.15) is 5.26 Å². The molecule has 0 spiro atoms. The third-order valence-corrected chi connectivity index (χ3v) is 5.56. The van der Waals surface area contributed by atoms with Crippen molar-refractivity contribution in [3.8, 4) is 6.07 Å². The smallest absolute Gasteiger partial charge is 0.200 e. The normalized spacial score (nSPS) is 15.8. The van der Waals surface area contributed by atoms with Gasteiger partial charge < -0.3 is 15.5 Å². The number of likely N-dealkylation sites (tertiary alicyclic amines) is 1. The maximum absolute atomic E-state index is 12.1. The van der Waals surface area contributed by atoms with Gasteiger partial charge in [-0.1, -0.05) is 0 Å². The minimum absolute atomic E-state index is 0.0862. The summed E-state index contributed by atoms with van der Waals surface area (Å²) < 4.78 is 24.1. The molecule has 1 saturated heterocycles. The molecule has 11 heteroatoms. The Kier molecular flexibility index (Phi) is 6.01. The lowest BCUT2D eigenvalue weighted by Gasteiger charge is -2.29. The lowest BCUT2D eigenvalue weighted by molar-refractivity contribution is 0.226. The first-order chi connectivity index (χ1) is 13.3. The summed E-state index contributed by atoms with van der Waals surface area (Å²) in [6.07, 6.45) is 5.96. The van der Waals surface area contributed by atoms with Crippen molar-refractivity contribution in [2.75, 3.05) is 43.6 Å². The highest BCUT2D eigenvalue weighted by atomic mass is 32.2. The van der Waals surface area contributed by atoms with Crippen LogP contribution in [0.3, 0.4) is 0 Å². The highest BCUT2D eigenvalue weighted by Gasteiger charge is 2.20. The first kappa shape index (κ1) is 19.9. The first-order valence-corrected chi connectivity index (χ1v) is 10.7. The molecule has 0 saturated carbocycles. The molecule has 1 aliphatic rings. The van der Waals surface area contributed by atoms with Crippen LogP contribution in [0.2, 0.25) is 0 Å². The third-order valence-electron chi connectivity index (χ3n) is 4.55. The van der Waals surface area contributed by atoms with Crippen LogP contribution in [0.4, 0.5) is 17.3 Å². The summed E-state index contributed by atoms with van der Waals surface area (Å²) in [5, 5.41) is 22.7. The largest absolute Gasteiger partial charge is 0.382 e. The van der Waals surface area contributed by atoms with Crippen LogP contribution < -0.4 is 10.6 Å². The third kappa shape index (κ3) is 5.11. The van der Waals surface area contributed by atoms with E-state index in [0.717, 1.165) is 32.2 Å². The second-order valence-electron chi connectivity index (χ2n) is 6.87. The molecule has 0 amide bonds. The summed E-state index contributed by atoms with van der Waals surface area (Å²) in [5.41, 5.74) is 0.602. The Morgan fingerprint density at radius 3 is 2.57 bits per heavy atom. The molecule has 10 nitrogen and oxygen atoms in total. The highest BCUT2D eigenvalue weighted by molar-refractivity contribution is 7.90. The van der Waals surface area contributed by atoms with Crippen LogP contribution in [0.1, 0.15) is 18.5 Å². The van der Waals surface area contributed by atoms with Crippen molar-refractivity contribution in [3.05, 3.63) is 24.2 Å². The van der Waals surface area contributed by atoms with Gasteiger partial charge in [-0.25, -0.2) is 18.4 Å². The van der Waals surface area contributed by atoms with Gasteiger partial charge in [0.2, 0.25) is 5.03 Å². The molecule has 0 unspecified atom stereocenters. The van der Waals surface area contributed by atoms with Crippen LogP contribution in [-0.2, 0) is 9.84 Å². The maximum Gasteiger partial charge on any atom is 0.200 e. The molecule has 2 N–H and O–H groups in total. The van der Waals surface area contributed by atoms with Gasteiger partial charge in [-0.3, -0.25) is 0 Å². The molecule has 1 aliphatic heterocycles. The van der Waals surface area contributed by atoms with Crippen molar-refractivity contribution in [1.29, 1.82) is 5.26 Å². The van der Waals surface area contributed by atoms with E-state index in [9.17, 15) is 8.42 Å². The van der Waals surface area contributed by atoms with Crippen molar-refractivity contribution in [1.82, 2.24) is 25.1 Å². The molecule has 1 fully saturated rings. The second kappa shape index (κ2) is 8.45. The van der Waals surface area contributed by atoms with Crippen molar-refractivity contribution >= 4 is 27.2 Å². The number of aromatic nitrogens is 4. The number of nitrogens with zero attached hydrogens (tertiary/aromatic N) is 6. The van der Waals surface area contributed by atoms with Crippen LogP contribution in [0, 0.1) is 17.2 Å². The molecule has 2 aromatic rings. The number of nitriles is 1. The summed E-state index contributed by atoms with van der Waals surface area (Å²) in [4.78, 5) is 10.3. The number of nitrogens with one attached hydrogen (secondary N) is 2. The Bertz CT molecular complexity index is 964. The standard InChI is InChI=1S/C17H22N8O2S/c1-25-5-3-12(4-6-25)9-20-14-7-15(23-24-17(14)28(2,26)27)22-16-11-19-13(8-18)10-21-16/h7,10-12H,3-6,9H2,1-2H3,(H2,20,21,22,23). The van der Waals surface area contributed by atoms with Gasteiger partial charge in [0.05, 0.1) is 18.1 Å². The summed E-state index contributed by atoms with van der Waals surface area (Å²) in [5.74, 6) is 1.18. The lowest BCUT2D eigenvalue weighted by Crippen LogP contribution is -2.33. The van der Waals surface area contributed by atoms with E-state index in [0.29, 0.717) is 29.8 Å². The van der Waals surface area contributed by atoms with Gasteiger partial charge in [-0.05, 0) is 38.9 Å². The molecular weight excluding hydrogens is 380 g/mol. The van der Waals surface area contributed by atoms with Crippen LogP contribution >= 0.6 is 0 Å². The predicted molar refractivity (Wildman–Crippen MR) is 104 cm³/mol. The fraction of sp³-hybridized carbons (Fsp3) is 0.471. The summed E-state index contributed by atoms with van der Waals surface area (Å²) in [7, 11) is -1.43. The monoisotopic (exact) mass is 402 g/mol. The summed E-state index contributed by atoms with van der Waals surface area (Å²) >= 11 is 0. The van der Waals surface area contributed by atoms with Crippen molar-refractivity contribution in [2.45, 2.75) is 17.9 Å². The van der Waals surface area contributed by atoms with E-state index in [1.165, 1.54) is 12.4 Å². The van der Waals surface area contributed by atoms with Gasteiger partial charge in [0, 0.05) is 18.9 Å². The van der Waals surface area contributed by atoms with Gasteiger partial charge in [0.1, 0.15) is 11.9 Å². The van der Waals surface area contributed by atoms with Gasteiger partial charge in [-0.15, -0.1) is 10.2 Å². The fourth-order valence-corrected chi connectivity index (χ4v) is 3.66. The molecule has 0 aromatic carbocycles. The van der Waals surface area contributed by atoms with Gasteiger partial charge in [0.15, 0.2) is 21.3 Å². The first-order valence-electron chi connectivity index (χ1n) is 8.84. The fourth-order valence-electron chi connectivity index (χ4n) is 2.94. The van der Waals surface area contributed by atoms with E-state index in [4.69, 9.17) is 5.26 Å². The van der Waals surface area contributed by atoms with Crippen LogP contribution in [0.5, 0.6) is 0 Å². The molecule has 3 rings (SSSR count). The quantitative estimate of drug-likeness (QED) is 0.721. The maximum atomic E-state index is 12.1. The average Bonchev–Trinajstić information content (AvgIpc) is 2.67. The molecule has 148 valence electrons. The Morgan fingerprint density at radius 1 is 1.21 bits per heavy atom. The number of piperidine rings is 1. The van der Waals surface area contributed by atoms with Crippen LogP contribution in [0.15, 0.2) is 23.5 Å². The van der Waals surface area contributed by atoms with E-state index in [1.807, 2.05) is 6.07 Å². The van der Waals surface area contributed by atoms with Gasteiger partial charge in [0.25, 0.3) is 0 Å². The highest BCUT2D eigenvalue weighted by Crippen LogP contribution is 2.24. The van der Waals surface area contributed by atoms with Crippen molar-refractivity contribution in [2.24, 2.45) is 5.92 Å². The zero-order valence-electron chi connectivity index (χ0n) is 15.8. The van der Waals surface area contributed by atoms with E-state index in [1.54, 1.807) is 6.07 Å². The van der Waals surface area contributed by atoms with E-state index >= 15 is 0 Å². The second-order valence-corrected chi connectivity index (χ2v) is 8.80. The minimum atomic E-state index is -3.53. The molecule has 0 radical (unpaired) electrons. The summed E-state index contributed by atoms with van der Waals surface area (Å²) in [6.45, 7) is 2.73. The SMILES string of the molecule is CN1CCC(CNc2cc(Nc3cnc(C#N)cn3)nnc2S(C)(=O)=O)CC1. The molecule has 0 bridgehead atoms. The minimum Gasteiger partial charge on any atom is -0.382 e. The summed E-state index contributed by atoms with van der Waals surface area (Å²) in [6, 6.07) is 3.49. The average molecular weight is 402 g/mol. The molecule has 0 atom stereocenters. The zero-order chi connectivity index (χ0) is 20.1. The topological polar surface area (TPSA) is 137 Å². The molecular formula is C17H22N8O2S. The van der Waals surface area contributed by atoms with E-state index in [2.05, 4.69) is 42.7 Å².